The van der Waals surface area contributed by atoms with Crippen molar-refractivity contribution in [1.82, 2.24) is 19.3 Å². The van der Waals surface area contributed by atoms with E-state index in [0.717, 1.165) is 35.8 Å². The van der Waals surface area contributed by atoms with E-state index in [9.17, 15) is 0 Å². The number of nitrogens with zero attached hydrogens (tertiary/aromatic N) is 4. The highest BCUT2D eigenvalue weighted by Crippen LogP contribution is 2.38. The summed E-state index contributed by atoms with van der Waals surface area (Å²) in [6, 6.07) is 0.493. The predicted octanol–water partition coefficient (Wildman–Crippen LogP) is 3.47. The molecule has 0 saturated heterocycles. The Balaban J connectivity index is 2.14. The molecule has 20 heavy (non-hydrogen) atoms. The van der Waals surface area contributed by atoms with E-state index in [2.05, 4.69) is 23.5 Å². The second kappa shape index (κ2) is 5.40. The lowest BCUT2D eigenvalue weighted by Crippen LogP contribution is -2.25. The molecule has 0 N–H and O–H groups in total. The van der Waals surface area contributed by atoms with Gasteiger partial charge in [-0.2, -0.15) is 5.10 Å². The average molecular weight is 295 g/mol. The molecule has 3 rings (SSSR count). The molecule has 110 valence electrons. The van der Waals surface area contributed by atoms with Gasteiger partial charge in [0.15, 0.2) is 5.65 Å². The number of halogens is 1. The van der Waals surface area contributed by atoms with Gasteiger partial charge in [0.25, 0.3) is 0 Å². The van der Waals surface area contributed by atoms with E-state index in [0.29, 0.717) is 11.9 Å². The summed E-state index contributed by atoms with van der Waals surface area (Å²) in [6.45, 7) is 4.46. The zero-order valence-electron chi connectivity index (χ0n) is 12.6. The molecular weight excluding hydrogens is 272 g/mol. The molecule has 0 radical (unpaired) electrons. The van der Waals surface area contributed by atoms with E-state index in [1.165, 1.54) is 24.9 Å². The molecule has 1 fully saturated rings. The Morgan fingerprint density at radius 2 is 2.15 bits per heavy atom. The van der Waals surface area contributed by atoms with Gasteiger partial charge in [-0.3, -0.25) is 4.68 Å². The van der Waals surface area contributed by atoms with Gasteiger partial charge in [-0.1, -0.05) is 13.3 Å². The minimum Gasteiger partial charge on any atom is -0.310 e. The molecule has 0 bridgehead atoms. The molecular formula is C15H23ClN4. The number of aryl methyl sites for hydroxylation is 3. The minimum absolute atomic E-state index is 0.493. The summed E-state index contributed by atoms with van der Waals surface area (Å²) in [4.78, 5) is 4.85. The standard InChI is InChI=1S/C15H23ClN4/c1-4-12-14-15(19(3)18-12)20(13(17-14)8-9-16)10(2)11-6-5-7-11/h10-11H,4-9H2,1-3H3. The zero-order chi connectivity index (χ0) is 14.3. The molecule has 0 aromatic carbocycles. The van der Waals surface area contributed by atoms with Gasteiger partial charge in [-0.15, -0.1) is 11.6 Å². The lowest BCUT2D eigenvalue weighted by molar-refractivity contribution is 0.221. The van der Waals surface area contributed by atoms with Crippen molar-refractivity contribution in [2.24, 2.45) is 13.0 Å². The lowest BCUT2D eigenvalue weighted by Gasteiger charge is -2.33. The molecule has 2 heterocycles. The Bertz CT molecular complexity index is 609. The van der Waals surface area contributed by atoms with Crippen molar-refractivity contribution in [2.45, 2.75) is 52.0 Å². The highest BCUT2D eigenvalue weighted by Gasteiger charge is 2.29. The van der Waals surface area contributed by atoms with Crippen LogP contribution in [-0.4, -0.2) is 25.2 Å². The molecule has 4 nitrogen and oxygen atoms in total. The molecule has 1 saturated carbocycles. The largest absolute Gasteiger partial charge is 0.310 e. The van der Waals surface area contributed by atoms with E-state index in [4.69, 9.17) is 16.6 Å². The molecule has 1 aliphatic rings. The molecule has 1 atom stereocenters. The Labute approximate surface area is 125 Å². The number of fused-ring (bicyclic) bond motifs is 1. The number of hydrogen-bond donors (Lipinski definition) is 0. The van der Waals surface area contributed by atoms with Crippen molar-refractivity contribution >= 4 is 22.8 Å². The third-order valence-electron chi connectivity index (χ3n) is 4.70. The van der Waals surface area contributed by atoms with Crippen LogP contribution in [0, 0.1) is 5.92 Å². The van der Waals surface area contributed by atoms with Crippen LogP contribution in [0.2, 0.25) is 0 Å². The van der Waals surface area contributed by atoms with E-state index < -0.39 is 0 Å². The molecule has 1 aliphatic carbocycles. The highest BCUT2D eigenvalue weighted by atomic mass is 35.5. The summed E-state index contributed by atoms with van der Waals surface area (Å²) in [5.41, 5.74) is 3.33. The van der Waals surface area contributed by atoms with Crippen molar-refractivity contribution in [3.8, 4) is 0 Å². The van der Waals surface area contributed by atoms with Crippen LogP contribution in [0.3, 0.4) is 0 Å². The summed E-state index contributed by atoms with van der Waals surface area (Å²) < 4.78 is 4.39. The fourth-order valence-electron chi connectivity index (χ4n) is 3.31. The van der Waals surface area contributed by atoms with Gasteiger partial charge in [0.1, 0.15) is 11.3 Å². The minimum atomic E-state index is 0.493. The fraction of sp³-hybridized carbons (Fsp3) is 0.733. The Hall–Kier alpha value is -1.03. The number of rotatable bonds is 5. The van der Waals surface area contributed by atoms with Gasteiger partial charge in [-0.25, -0.2) is 4.98 Å². The molecule has 0 aliphatic heterocycles. The van der Waals surface area contributed by atoms with Gasteiger partial charge in [-0.05, 0) is 32.1 Å². The van der Waals surface area contributed by atoms with Crippen molar-refractivity contribution < 1.29 is 0 Å². The first-order valence-electron chi connectivity index (χ1n) is 7.66. The first kappa shape index (κ1) is 13.9. The number of alkyl halides is 1. The van der Waals surface area contributed by atoms with Crippen LogP contribution in [0.15, 0.2) is 0 Å². The number of imidazole rings is 1. The maximum Gasteiger partial charge on any atom is 0.158 e. The maximum atomic E-state index is 5.97. The highest BCUT2D eigenvalue weighted by molar-refractivity contribution is 6.17. The monoisotopic (exact) mass is 294 g/mol. The molecule has 0 amide bonds. The Kier molecular flexibility index (Phi) is 3.76. The Morgan fingerprint density at radius 1 is 1.40 bits per heavy atom. The van der Waals surface area contributed by atoms with Crippen LogP contribution in [0.25, 0.3) is 11.2 Å². The van der Waals surface area contributed by atoms with Crippen molar-refractivity contribution in [3.05, 3.63) is 11.5 Å². The molecule has 0 spiro atoms. The van der Waals surface area contributed by atoms with Gasteiger partial charge < -0.3 is 4.57 Å². The van der Waals surface area contributed by atoms with Crippen LogP contribution >= 0.6 is 11.6 Å². The van der Waals surface area contributed by atoms with Crippen LogP contribution in [0.1, 0.15) is 50.7 Å². The molecule has 1 unspecified atom stereocenters. The van der Waals surface area contributed by atoms with Gasteiger partial charge in [0, 0.05) is 25.4 Å². The van der Waals surface area contributed by atoms with Crippen LogP contribution in [0.5, 0.6) is 0 Å². The van der Waals surface area contributed by atoms with Gasteiger partial charge >= 0.3 is 0 Å². The second-order valence-electron chi connectivity index (χ2n) is 5.86. The van der Waals surface area contributed by atoms with E-state index in [1.54, 1.807) is 0 Å². The van der Waals surface area contributed by atoms with E-state index in [-0.39, 0.29) is 0 Å². The zero-order valence-corrected chi connectivity index (χ0v) is 13.3. The first-order chi connectivity index (χ1) is 9.67. The molecule has 2 aromatic rings. The quantitative estimate of drug-likeness (QED) is 0.792. The fourth-order valence-corrected chi connectivity index (χ4v) is 3.48. The Morgan fingerprint density at radius 3 is 2.70 bits per heavy atom. The normalized spacial score (nSPS) is 17.6. The van der Waals surface area contributed by atoms with Gasteiger partial charge in [0.05, 0.1) is 5.69 Å². The topological polar surface area (TPSA) is 35.6 Å². The first-order valence-corrected chi connectivity index (χ1v) is 8.19. The second-order valence-corrected chi connectivity index (χ2v) is 6.24. The number of hydrogen-bond acceptors (Lipinski definition) is 2. The van der Waals surface area contributed by atoms with Crippen molar-refractivity contribution in [2.75, 3.05) is 5.88 Å². The maximum absolute atomic E-state index is 5.97. The van der Waals surface area contributed by atoms with E-state index >= 15 is 0 Å². The van der Waals surface area contributed by atoms with Crippen LogP contribution in [0.4, 0.5) is 0 Å². The summed E-state index contributed by atoms with van der Waals surface area (Å²) in [5.74, 6) is 2.52. The summed E-state index contributed by atoms with van der Waals surface area (Å²) in [5, 5.41) is 4.62. The summed E-state index contributed by atoms with van der Waals surface area (Å²) in [7, 11) is 2.03. The smallest absolute Gasteiger partial charge is 0.158 e. The predicted molar refractivity (Wildman–Crippen MR) is 82.4 cm³/mol. The third-order valence-corrected chi connectivity index (χ3v) is 4.89. The lowest BCUT2D eigenvalue weighted by atomic mass is 9.80. The summed E-state index contributed by atoms with van der Waals surface area (Å²) >= 11 is 5.97. The molecule has 2 aromatic heterocycles. The molecule has 5 heteroatoms. The van der Waals surface area contributed by atoms with Gasteiger partial charge in [0.2, 0.25) is 0 Å². The van der Waals surface area contributed by atoms with Crippen molar-refractivity contribution in [3.63, 3.8) is 0 Å². The third kappa shape index (κ3) is 2.05. The van der Waals surface area contributed by atoms with Crippen LogP contribution in [-0.2, 0) is 19.9 Å². The number of aromatic nitrogens is 4. The van der Waals surface area contributed by atoms with Crippen molar-refractivity contribution in [1.29, 1.82) is 0 Å². The van der Waals surface area contributed by atoms with Crippen LogP contribution < -0.4 is 0 Å². The summed E-state index contributed by atoms with van der Waals surface area (Å²) in [6.07, 6.45) is 5.78. The van der Waals surface area contributed by atoms with E-state index in [1.807, 2.05) is 11.7 Å². The average Bonchev–Trinajstić information content (AvgIpc) is 2.86. The SMILES string of the molecule is CCc1nn(C)c2c1nc(CCCl)n2C(C)C1CCC1.